The van der Waals surface area contributed by atoms with Gasteiger partial charge in [0.15, 0.2) is 11.5 Å². The van der Waals surface area contributed by atoms with Crippen LogP contribution in [-0.2, 0) is 11.3 Å². The number of amides is 1. The lowest BCUT2D eigenvalue weighted by atomic mass is 10.2. The lowest BCUT2D eigenvalue weighted by Crippen LogP contribution is -2.29. The van der Waals surface area contributed by atoms with Gasteiger partial charge in [0.05, 0.1) is 19.8 Å². The summed E-state index contributed by atoms with van der Waals surface area (Å²) in [5, 5.41) is 3.60. The van der Waals surface area contributed by atoms with Crippen LogP contribution in [0.2, 0.25) is 5.02 Å². The van der Waals surface area contributed by atoms with E-state index in [1.165, 1.54) is 0 Å². The molecule has 1 amide bonds. The van der Waals surface area contributed by atoms with E-state index in [1.54, 1.807) is 6.07 Å². The Labute approximate surface area is 152 Å². The number of hydrogen-bond donors (Lipinski definition) is 1. The van der Waals surface area contributed by atoms with Crippen molar-refractivity contribution < 1.29 is 14.3 Å². The minimum Gasteiger partial charge on any atom is -0.490 e. The second-order valence-corrected chi connectivity index (χ2v) is 6.50. The molecule has 3 rings (SSSR count). The summed E-state index contributed by atoms with van der Waals surface area (Å²) < 4.78 is 11.2. The lowest BCUT2D eigenvalue weighted by molar-refractivity contribution is -0.117. The third-order valence-corrected chi connectivity index (χ3v) is 4.02. The summed E-state index contributed by atoms with van der Waals surface area (Å²) in [6, 6.07) is 13.1. The number of rotatable bonds is 5. The molecule has 0 aliphatic carbocycles. The highest BCUT2D eigenvalue weighted by Gasteiger charge is 2.13. The van der Waals surface area contributed by atoms with Crippen LogP contribution in [0.3, 0.4) is 0 Å². The number of nitrogens with one attached hydrogen (secondary N) is 1. The summed E-state index contributed by atoms with van der Waals surface area (Å²) >= 11 is 5.99. The summed E-state index contributed by atoms with van der Waals surface area (Å²) in [6.07, 6.45) is 0.852. The van der Waals surface area contributed by atoms with Gasteiger partial charge in [-0.25, -0.2) is 0 Å². The Morgan fingerprint density at radius 3 is 2.76 bits per heavy atom. The molecule has 0 saturated carbocycles. The molecule has 132 valence electrons. The van der Waals surface area contributed by atoms with Gasteiger partial charge in [0, 0.05) is 29.7 Å². The Morgan fingerprint density at radius 2 is 1.96 bits per heavy atom. The molecule has 0 radical (unpaired) electrons. The molecule has 0 atom stereocenters. The van der Waals surface area contributed by atoms with Crippen molar-refractivity contribution in [1.82, 2.24) is 4.90 Å². The number of carbonyl (C=O) groups excluding carboxylic acids is 1. The van der Waals surface area contributed by atoms with Gasteiger partial charge in [0.2, 0.25) is 5.91 Å². The first-order chi connectivity index (χ1) is 12.1. The minimum absolute atomic E-state index is 0.0842. The second-order valence-electron chi connectivity index (χ2n) is 6.06. The monoisotopic (exact) mass is 360 g/mol. The maximum absolute atomic E-state index is 12.3. The van der Waals surface area contributed by atoms with E-state index in [9.17, 15) is 4.79 Å². The van der Waals surface area contributed by atoms with Crippen LogP contribution in [0.1, 0.15) is 12.0 Å². The Morgan fingerprint density at radius 1 is 1.16 bits per heavy atom. The molecule has 0 unspecified atom stereocenters. The van der Waals surface area contributed by atoms with Gasteiger partial charge in [-0.05, 0) is 36.9 Å². The van der Waals surface area contributed by atoms with Crippen LogP contribution in [0, 0.1) is 0 Å². The van der Waals surface area contributed by atoms with E-state index < -0.39 is 0 Å². The molecule has 6 heteroatoms. The first-order valence-corrected chi connectivity index (χ1v) is 8.60. The predicted molar refractivity (Wildman–Crippen MR) is 98.5 cm³/mol. The number of benzene rings is 2. The van der Waals surface area contributed by atoms with Crippen LogP contribution in [0.15, 0.2) is 42.5 Å². The molecule has 0 spiro atoms. The van der Waals surface area contributed by atoms with Crippen LogP contribution >= 0.6 is 11.6 Å². The average molecular weight is 361 g/mol. The van der Waals surface area contributed by atoms with Gasteiger partial charge >= 0.3 is 0 Å². The molecular formula is C19H21ClN2O3. The van der Waals surface area contributed by atoms with Crippen LogP contribution in [-0.4, -0.2) is 37.6 Å². The van der Waals surface area contributed by atoms with Gasteiger partial charge in [0.25, 0.3) is 0 Å². The van der Waals surface area contributed by atoms with Gasteiger partial charge in [-0.1, -0.05) is 23.7 Å². The van der Waals surface area contributed by atoms with Crippen LogP contribution in [0.25, 0.3) is 0 Å². The van der Waals surface area contributed by atoms with Crippen molar-refractivity contribution in [3.63, 3.8) is 0 Å². The molecule has 2 aromatic carbocycles. The van der Waals surface area contributed by atoms with Gasteiger partial charge < -0.3 is 14.8 Å². The van der Waals surface area contributed by atoms with Gasteiger partial charge in [-0.3, -0.25) is 9.69 Å². The van der Waals surface area contributed by atoms with Crippen LogP contribution < -0.4 is 14.8 Å². The van der Waals surface area contributed by atoms with Crippen LogP contribution in [0.5, 0.6) is 11.5 Å². The van der Waals surface area contributed by atoms with E-state index in [-0.39, 0.29) is 12.5 Å². The summed E-state index contributed by atoms with van der Waals surface area (Å²) in [7, 11) is 1.90. The highest BCUT2D eigenvalue weighted by atomic mass is 35.5. The maximum Gasteiger partial charge on any atom is 0.238 e. The van der Waals surface area contributed by atoms with E-state index >= 15 is 0 Å². The highest BCUT2D eigenvalue weighted by Crippen LogP contribution is 2.32. The molecule has 1 aliphatic rings. The van der Waals surface area contributed by atoms with Crippen molar-refractivity contribution in [2.75, 3.05) is 32.1 Å². The number of anilines is 1. The fraction of sp³-hybridized carbons (Fsp3) is 0.316. The number of fused-ring (bicyclic) bond motifs is 1. The quantitative estimate of drug-likeness (QED) is 0.885. The van der Waals surface area contributed by atoms with Crippen molar-refractivity contribution in [3.05, 3.63) is 53.1 Å². The number of likely N-dealkylation sites (N-methyl/N-ethyl adjacent to an activating group) is 1. The summed E-state index contributed by atoms with van der Waals surface area (Å²) in [6.45, 7) is 2.19. The molecule has 0 saturated heterocycles. The van der Waals surface area contributed by atoms with Crippen molar-refractivity contribution in [3.8, 4) is 11.5 Å². The van der Waals surface area contributed by atoms with Crippen molar-refractivity contribution >= 4 is 23.2 Å². The van der Waals surface area contributed by atoms with Crippen molar-refractivity contribution in [1.29, 1.82) is 0 Å². The molecular weight excluding hydrogens is 340 g/mol. The summed E-state index contributed by atoms with van der Waals surface area (Å²) in [4.78, 5) is 14.2. The number of hydrogen-bond acceptors (Lipinski definition) is 4. The SMILES string of the molecule is CN(CC(=O)Nc1ccc2c(c1)OCCCO2)Cc1cccc(Cl)c1. The van der Waals surface area contributed by atoms with E-state index in [1.807, 2.05) is 48.3 Å². The molecule has 5 nitrogen and oxygen atoms in total. The van der Waals surface area contributed by atoms with E-state index in [0.29, 0.717) is 42.0 Å². The Hall–Kier alpha value is -2.24. The van der Waals surface area contributed by atoms with E-state index in [2.05, 4.69) is 5.32 Å². The topological polar surface area (TPSA) is 50.8 Å². The van der Waals surface area contributed by atoms with Gasteiger partial charge in [0.1, 0.15) is 0 Å². The molecule has 1 N–H and O–H groups in total. The molecule has 1 heterocycles. The summed E-state index contributed by atoms with van der Waals surface area (Å²) in [5.74, 6) is 1.30. The first kappa shape index (κ1) is 17.6. The lowest BCUT2D eigenvalue weighted by Gasteiger charge is -2.17. The molecule has 0 bridgehead atoms. The first-order valence-electron chi connectivity index (χ1n) is 8.22. The third kappa shape index (κ3) is 5.11. The third-order valence-electron chi connectivity index (χ3n) is 3.79. The smallest absolute Gasteiger partial charge is 0.238 e. The van der Waals surface area contributed by atoms with Gasteiger partial charge in [-0.15, -0.1) is 0 Å². The average Bonchev–Trinajstić information content (AvgIpc) is 2.79. The number of nitrogens with zero attached hydrogens (tertiary/aromatic N) is 1. The molecule has 2 aromatic rings. The number of halogens is 1. The Kier molecular flexibility index (Phi) is 5.79. The highest BCUT2D eigenvalue weighted by molar-refractivity contribution is 6.30. The number of carbonyl (C=O) groups is 1. The molecule has 0 aromatic heterocycles. The Bertz CT molecular complexity index is 751. The zero-order valence-electron chi connectivity index (χ0n) is 14.1. The van der Waals surface area contributed by atoms with Crippen molar-refractivity contribution in [2.45, 2.75) is 13.0 Å². The molecule has 0 fully saturated rings. The largest absolute Gasteiger partial charge is 0.490 e. The Balaban J connectivity index is 1.56. The standard InChI is InChI=1S/C19H21ClN2O3/c1-22(12-14-4-2-5-15(20)10-14)13-19(23)21-16-6-7-17-18(11-16)25-9-3-8-24-17/h2,4-7,10-11H,3,8-9,12-13H2,1H3,(H,21,23). The van der Waals surface area contributed by atoms with Gasteiger partial charge in [-0.2, -0.15) is 0 Å². The zero-order chi connectivity index (χ0) is 17.6. The zero-order valence-corrected chi connectivity index (χ0v) is 14.9. The minimum atomic E-state index is -0.0842. The van der Waals surface area contributed by atoms with E-state index in [4.69, 9.17) is 21.1 Å². The predicted octanol–water partition coefficient (Wildman–Crippen LogP) is 3.57. The summed E-state index contributed by atoms with van der Waals surface area (Å²) in [5.41, 5.74) is 1.77. The normalized spacial score (nSPS) is 13.4. The van der Waals surface area contributed by atoms with E-state index in [0.717, 1.165) is 12.0 Å². The second kappa shape index (κ2) is 8.23. The maximum atomic E-state index is 12.3. The molecule has 1 aliphatic heterocycles. The number of ether oxygens (including phenoxy) is 2. The van der Waals surface area contributed by atoms with Crippen molar-refractivity contribution in [2.24, 2.45) is 0 Å². The molecule has 25 heavy (non-hydrogen) atoms. The fourth-order valence-electron chi connectivity index (χ4n) is 2.69. The fourth-order valence-corrected chi connectivity index (χ4v) is 2.90. The van der Waals surface area contributed by atoms with Crippen LogP contribution in [0.4, 0.5) is 5.69 Å².